The molecule has 1 aliphatic rings. The predicted octanol–water partition coefficient (Wildman–Crippen LogP) is -0.659. The molecular weight excluding hydrogens is 198 g/mol. The van der Waals surface area contributed by atoms with E-state index in [2.05, 4.69) is 4.90 Å². The molecule has 1 rings (SSSR count). The maximum atomic E-state index is 8.54. The van der Waals surface area contributed by atoms with Crippen LogP contribution in [-0.2, 0) is 14.2 Å². The fraction of sp³-hybridized carbons (Fsp3) is 1.00. The first-order valence-electron chi connectivity index (χ1n) is 5.28. The molecule has 0 aromatic rings. The van der Waals surface area contributed by atoms with E-state index in [1.807, 2.05) is 0 Å². The van der Waals surface area contributed by atoms with Crippen LogP contribution >= 0.6 is 0 Å². The van der Waals surface area contributed by atoms with Crippen molar-refractivity contribution in [3.05, 3.63) is 0 Å². The number of rotatable bonds is 7. The van der Waals surface area contributed by atoms with Crippen LogP contribution in [0.15, 0.2) is 0 Å². The highest BCUT2D eigenvalue weighted by molar-refractivity contribution is 4.85. The van der Waals surface area contributed by atoms with E-state index in [0.29, 0.717) is 13.2 Å². The van der Waals surface area contributed by atoms with Crippen molar-refractivity contribution in [2.24, 2.45) is 0 Å². The first-order chi connectivity index (χ1) is 7.31. The molecule has 2 atom stereocenters. The molecule has 15 heavy (non-hydrogen) atoms. The van der Waals surface area contributed by atoms with Gasteiger partial charge in [0.25, 0.3) is 0 Å². The third-order valence-corrected chi connectivity index (χ3v) is 2.68. The fourth-order valence-corrected chi connectivity index (χ4v) is 1.81. The topological polar surface area (TPSA) is 51.2 Å². The maximum Gasteiger partial charge on any atom is 0.0971 e. The van der Waals surface area contributed by atoms with E-state index in [0.717, 1.165) is 19.6 Å². The van der Waals surface area contributed by atoms with Gasteiger partial charge in [0.1, 0.15) is 0 Å². The van der Waals surface area contributed by atoms with Gasteiger partial charge in [-0.15, -0.1) is 0 Å². The van der Waals surface area contributed by atoms with Crippen LogP contribution in [0.3, 0.4) is 0 Å². The minimum atomic E-state index is 0.0847. The summed E-state index contributed by atoms with van der Waals surface area (Å²) in [7, 11) is 3.42. The highest BCUT2D eigenvalue weighted by atomic mass is 16.5. The summed E-state index contributed by atoms with van der Waals surface area (Å²) in [6, 6.07) is 0. The van der Waals surface area contributed by atoms with E-state index in [9.17, 15) is 0 Å². The second-order valence-electron chi connectivity index (χ2n) is 3.64. The van der Waals surface area contributed by atoms with Crippen LogP contribution in [0.2, 0.25) is 0 Å². The SMILES string of the molecule is COC1CN(CCOCCO)CC1OC. The zero-order chi connectivity index (χ0) is 11.1. The van der Waals surface area contributed by atoms with Crippen LogP contribution in [0.25, 0.3) is 0 Å². The highest BCUT2D eigenvalue weighted by Crippen LogP contribution is 2.14. The van der Waals surface area contributed by atoms with Crippen molar-refractivity contribution in [3.63, 3.8) is 0 Å². The summed E-state index contributed by atoms with van der Waals surface area (Å²) >= 11 is 0. The molecule has 0 aliphatic carbocycles. The van der Waals surface area contributed by atoms with E-state index in [1.54, 1.807) is 14.2 Å². The molecule has 90 valence electrons. The van der Waals surface area contributed by atoms with Gasteiger partial charge in [0.05, 0.1) is 32.0 Å². The molecule has 1 N–H and O–H groups in total. The summed E-state index contributed by atoms with van der Waals surface area (Å²) < 4.78 is 15.9. The molecule has 5 nitrogen and oxygen atoms in total. The Labute approximate surface area is 90.9 Å². The van der Waals surface area contributed by atoms with Gasteiger partial charge < -0.3 is 19.3 Å². The van der Waals surface area contributed by atoms with Gasteiger partial charge in [-0.2, -0.15) is 0 Å². The molecule has 1 heterocycles. The van der Waals surface area contributed by atoms with Crippen LogP contribution in [0.5, 0.6) is 0 Å². The maximum absolute atomic E-state index is 8.54. The molecule has 1 saturated heterocycles. The standard InChI is InChI=1S/C10H21NO4/c1-13-9-7-11(8-10(9)14-2)3-5-15-6-4-12/h9-10,12H,3-8H2,1-2H3. The average molecular weight is 219 g/mol. The van der Waals surface area contributed by atoms with Gasteiger partial charge >= 0.3 is 0 Å². The Morgan fingerprint density at radius 3 is 2.20 bits per heavy atom. The average Bonchev–Trinajstić information content (AvgIpc) is 2.67. The van der Waals surface area contributed by atoms with Crippen LogP contribution in [0, 0.1) is 0 Å². The molecule has 0 bridgehead atoms. The summed E-state index contributed by atoms with van der Waals surface area (Å²) in [5.74, 6) is 0. The van der Waals surface area contributed by atoms with Gasteiger partial charge in [-0.05, 0) is 0 Å². The molecule has 0 radical (unpaired) electrons. The number of aliphatic hydroxyl groups is 1. The van der Waals surface area contributed by atoms with Crippen molar-refractivity contribution < 1.29 is 19.3 Å². The summed E-state index contributed by atoms with van der Waals surface area (Å²) in [5.41, 5.74) is 0. The van der Waals surface area contributed by atoms with Crippen molar-refractivity contribution in [1.29, 1.82) is 0 Å². The zero-order valence-electron chi connectivity index (χ0n) is 9.52. The van der Waals surface area contributed by atoms with Gasteiger partial charge in [-0.25, -0.2) is 0 Å². The first-order valence-corrected chi connectivity index (χ1v) is 5.28. The van der Waals surface area contributed by atoms with E-state index >= 15 is 0 Å². The third kappa shape index (κ3) is 4.04. The fourth-order valence-electron chi connectivity index (χ4n) is 1.81. The van der Waals surface area contributed by atoms with Crippen LogP contribution < -0.4 is 0 Å². The molecule has 0 saturated carbocycles. The first kappa shape index (κ1) is 12.9. The van der Waals surface area contributed by atoms with Gasteiger partial charge in [0.2, 0.25) is 0 Å². The lowest BCUT2D eigenvalue weighted by atomic mass is 10.3. The molecule has 0 aromatic heterocycles. The number of nitrogens with zero attached hydrogens (tertiary/aromatic N) is 1. The monoisotopic (exact) mass is 219 g/mol. The summed E-state index contributed by atoms with van der Waals surface area (Å²) in [5, 5.41) is 8.54. The number of ether oxygens (including phenoxy) is 3. The lowest BCUT2D eigenvalue weighted by molar-refractivity contribution is -0.00461. The van der Waals surface area contributed by atoms with Gasteiger partial charge in [-0.3, -0.25) is 4.90 Å². The van der Waals surface area contributed by atoms with Crippen molar-refractivity contribution >= 4 is 0 Å². The molecule has 0 spiro atoms. The number of hydrogen-bond acceptors (Lipinski definition) is 5. The van der Waals surface area contributed by atoms with Gasteiger partial charge in [0, 0.05) is 33.9 Å². The minimum Gasteiger partial charge on any atom is -0.394 e. The number of likely N-dealkylation sites (tertiary alicyclic amines) is 1. The molecule has 2 unspecified atom stereocenters. The van der Waals surface area contributed by atoms with E-state index < -0.39 is 0 Å². The van der Waals surface area contributed by atoms with E-state index in [4.69, 9.17) is 19.3 Å². The highest BCUT2D eigenvalue weighted by Gasteiger charge is 2.32. The van der Waals surface area contributed by atoms with Crippen molar-refractivity contribution in [2.45, 2.75) is 12.2 Å². The molecule has 0 aromatic carbocycles. The minimum absolute atomic E-state index is 0.0847. The van der Waals surface area contributed by atoms with Crippen molar-refractivity contribution in [1.82, 2.24) is 4.90 Å². The second-order valence-corrected chi connectivity index (χ2v) is 3.64. The number of aliphatic hydroxyl groups excluding tert-OH is 1. The summed E-state index contributed by atoms with van der Waals surface area (Å²) in [6.07, 6.45) is 0.320. The molecule has 5 heteroatoms. The largest absolute Gasteiger partial charge is 0.394 e. The zero-order valence-corrected chi connectivity index (χ0v) is 9.52. The predicted molar refractivity (Wildman–Crippen MR) is 55.9 cm³/mol. The second kappa shape index (κ2) is 7.14. The van der Waals surface area contributed by atoms with Gasteiger partial charge in [-0.1, -0.05) is 0 Å². The van der Waals surface area contributed by atoms with E-state index in [-0.39, 0.29) is 18.8 Å². The Morgan fingerprint density at radius 1 is 1.13 bits per heavy atom. The molecule has 1 aliphatic heterocycles. The Kier molecular flexibility index (Phi) is 6.12. The smallest absolute Gasteiger partial charge is 0.0971 e. The van der Waals surface area contributed by atoms with Crippen molar-refractivity contribution in [3.8, 4) is 0 Å². The molecule has 0 amide bonds. The molecule has 1 fully saturated rings. The Morgan fingerprint density at radius 2 is 1.73 bits per heavy atom. The summed E-state index contributed by atoms with van der Waals surface area (Å²) in [6.45, 7) is 3.78. The Balaban J connectivity index is 2.16. The normalized spacial score (nSPS) is 27.4. The lowest BCUT2D eigenvalue weighted by Crippen LogP contribution is -2.27. The van der Waals surface area contributed by atoms with Gasteiger partial charge in [0.15, 0.2) is 0 Å². The number of hydrogen-bond donors (Lipinski definition) is 1. The van der Waals surface area contributed by atoms with Crippen LogP contribution in [0.1, 0.15) is 0 Å². The van der Waals surface area contributed by atoms with E-state index in [1.165, 1.54) is 0 Å². The van der Waals surface area contributed by atoms with Crippen molar-refractivity contribution in [2.75, 3.05) is 53.7 Å². The number of methoxy groups -OCH3 is 2. The van der Waals surface area contributed by atoms with Crippen LogP contribution in [-0.4, -0.2) is 75.9 Å². The Hall–Kier alpha value is -0.200. The van der Waals surface area contributed by atoms with Crippen LogP contribution in [0.4, 0.5) is 0 Å². The quantitative estimate of drug-likeness (QED) is 0.576. The summed E-state index contributed by atoms with van der Waals surface area (Å²) in [4.78, 5) is 2.25. The third-order valence-electron chi connectivity index (χ3n) is 2.68. The molecular formula is C10H21NO4. The lowest BCUT2D eigenvalue weighted by Gasteiger charge is -2.14. The Bertz CT molecular complexity index is 156.